The molecule has 5 heteroatoms. The molecule has 0 aromatic heterocycles. The Kier molecular flexibility index (Phi) is 6.03. The molecule has 2 rings (SSSR count). The van der Waals surface area contributed by atoms with Crippen LogP contribution in [0.3, 0.4) is 0 Å². The lowest BCUT2D eigenvalue weighted by atomic mass is 9.97. The fourth-order valence-corrected chi connectivity index (χ4v) is 2.07. The van der Waals surface area contributed by atoms with Gasteiger partial charge in [0.25, 0.3) is 0 Å². The largest absolute Gasteiger partial charge is 0.490 e. The van der Waals surface area contributed by atoms with E-state index in [0.29, 0.717) is 12.1 Å². The molecule has 1 atom stereocenters. The molecule has 1 aromatic carbocycles. The van der Waals surface area contributed by atoms with E-state index in [2.05, 4.69) is 5.16 Å². The number of oxime groups is 1. The third-order valence-electron chi connectivity index (χ3n) is 3.06. The topological polar surface area (TPSA) is 79.1 Å². The lowest BCUT2D eigenvalue weighted by molar-refractivity contribution is -0.139. The Morgan fingerprint density at radius 1 is 1.45 bits per heavy atom. The molecule has 0 radical (unpaired) electrons. The van der Waals surface area contributed by atoms with E-state index in [1.54, 1.807) is 19.1 Å². The second-order valence-electron chi connectivity index (χ2n) is 4.38. The number of carboxylic acids is 1. The summed E-state index contributed by atoms with van der Waals surface area (Å²) in [5.74, 6) is -0.120. The zero-order valence-corrected chi connectivity index (χ0v) is 12.1. The summed E-state index contributed by atoms with van der Waals surface area (Å²) in [6.45, 7) is 5.72. The van der Waals surface area contributed by atoms with Crippen LogP contribution in [0.5, 0.6) is 5.75 Å². The van der Waals surface area contributed by atoms with E-state index in [9.17, 15) is 4.79 Å². The summed E-state index contributed by atoms with van der Waals surface area (Å²) in [5, 5.41) is 20.6. The molecule has 1 unspecified atom stereocenters. The maximum Gasteiger partial charge on any atom is 0.307 e. The Hall–Kier alpha value is -2.04. The number of aryl methyl sites for hydroxylation is 1. The number of hydrogen-bond donors (Lipinski definition) is 2. The molecule has 1 aromatic rings. The van der Waals surface area contributed by atoms with Crippen LogP contribution in [0, 0.1) is 0 Å². The van der Waals surface area contributed by atoms with Gasteiger partial charge in [-0.2, -0.15) is 0 Å². The molecule has 110 valence electrons. The summed E-state index contributed by atoms with van der Waals surface area (Å²) >= 11 is 0. The fraction of sp³-hybridized carbons (Fsp3) is 0.467. The summed E-state index contributed by atoms with van der Waals surface area (Å²) < 4.78 is 5.63. The van der Waals surface area contributed by atoms with Crippen LogP contribution in [0.1, 0.15) is 44.7 Å². The first kappa shape index (κ1) is 16.0. The average Bonchev–Trinajstić information content (AvgIpc) is 2.47. The molecule has 0 bridgehead atoms. The van der Waals surface area contributed by atoms with Crippen LogP contribution < -0.4 is 4.74 Å². The van der Waals surface area contributed by atoms with E-state index in [-0.39, 0.29) is 12.5 Å². The van der Waals surface area contributed by atoms with Gasteiger partial charge in [0.1, 0.15) is 11.9 Å². The maximum atomic E-state index is 10.6. The van der Waals surface area contributed by atoms with Crippen molar-refractivity contribution in [2.24, 2.45) is 5.16 Å². The van der Waals surface area contributed by atoms with Gasteiger partial charge in [0.2, 0.25) is 0 Å². The molecule has 0 aliphatic carbocycles. The lowest BCUT2D eigenvalue weighted by Gasteiger charge is -2.25. The Bertz CT molecular complexity index is 497. The maximum absolute atomic E-state index is 10.6. The number of aliphatic carboxylic acids is 1. The van der Waals surface area contributed by atoms with E-state index >= 15 is 0 Å². The van der Waals surface area contributed by atoms with E-state index in [0.717, 1.165) is 23.3 Å². The number of hydrogen-bond acceptors (Lipinski definition) is 4. The standard InChI is InChI=1S/C13H15NO4.C2H6/c1-8(14-17)9-3-5-12-10(6-9)2-4-11(18-12)7-13(15)16;1-2/h3,5-6,11,17H,2,4,7H2,1H3,(H,15,16);1-2H3/b14-8-;. The normalized spacial score (nSPS) is 17.4. The van der Waals surface area contributed by atoms with Crippen LogP contribution in [0.15, 0.2) is 23.4 Å². The van der Waals surface area contributed by atoms with Gasteiger partial charge in [0.15, 0.2) is 0 Å². The van der Waals surface area contributed by atoms with Crippen LogP contribution in [0.2, 0.25) is 0 Å². The summed E-state index contributed by atoms with van der Waals surface area (Å²) in [7, 11) is 0. The van der Waals surface area contributed by atoms with E-state index in [1.807, 2.05) is 19.9 Å². The second-order valence-corrected chi connectivity index (χ2v) is 4.38. The molecular formula is C15H21NO4. The van der Waals surface area contributed by atoms with Crippen molar-refractivity contribution in [2.75, 3.05) is 0 Å². The summed E-state index contributed by atoms with van der Waals surface area (Å²) in [5.41, 5.74) is 2.42. The average molecular weight is 279 g/mol. The fourth-order valence-electron chi connectivity index (χ4n) is 2.07. The zero-order valence-electron chi connectivity index (χ0n) is 12.1. The van der Waals surface area contributed by atoms with Gasteiger partial charge in [-0.15, -0.1) is 0 Å². The Morgan fingerprint density at radius 2 is 2.15 bits per heavy atom. The van der Waals surface area contributed by atoms with Crippen molar-refractivity contribution < 1.29 is 19.8 Å². The third kappa shape index (κ3) is 3.98. The molecule has 0 saturated heterocycles. The van der Waals surface area contributed by atoms with Crippen molar-refractivity contribution in [2.45, 2.75) is 46.1 Å². The monoisotopic (exact) mass is 279 g/mol. The molecule has 1 aliphatic heterocycles. The van der Waals surface area contributed by atoms with Crippen molar-refractivity contribution in [3.8, 4) is 5.75 Å². The Morgan fingerprint density at radius 3 is 2.75 bits per heavy atom. The summed E-state index contributed by atoms with van der Waals surface area (Å²) in [6.07, 6.45) is 1.24. The Balaban J connectivity index is 0.000000956. The van der Waals surface area contributed by atoms with Crippen LogP contribution in [-0.4, -0.2) is 28.1 Å². The predicted molar refractivity (Wildman–Crippen MR) is 76.8 cm³/mol. The van der Waals surface area contributed by atoms with E-state index < -0.39 is 5.97 Å². The van der Waals surface area contributed by atoms with E-state index in [1.165, 1.54) is 0 Å². The highest BCUT2D eigenvalue weighted by atomic mass is 16.5. The van der Waals surface area contributed by atoms with Gasteiger partial charge in [0, 0.05) is 0 Å². The molecule has 5 nitrogen and oxygen atoms in total. The lowest BCUT2D eigenvalue weighted by Crippen LogP contribution is -2.25. The number of rotatable bonds is 3. The number of benzene rings is 1. The minimum absolute atomic E-state index is 0.0261. The smallest absolute Gasteiger partial charge is 0.307 e. The van der Waals surface area contributed by atoms with Crippen molar-refractivity contribution >= 4 is 11.7 Å². The Labute approximate surface area is 118 Å². The summed E-state index contributed by atoms with van der Waals surface area (Å²) in [4.78, 5) is 10.6. The van der Waals surface area contributed by atoms with Gasteiger partial charge >= 0.3 is 5.97 Å². The minimum Gasteiger partial charge on any atom is -0.490 e. The molecule has 0 saturated carbocycles. The molecule has 0 fully saturated rings. The number of carboxylic acid groups (broad SMARTS) is 1. The first-order valence-electron chi connectivity index (χ1n) is 6.80. The number of nitrogens with zero attached hydrogens (tertiary/aromatic N) is 1. The van der Waals surface area contributed by atoms with Crippen molar-refractivity contribution in [3.05, 3.63) is 29.3 Å². The first-order valence-corrected chi connectivity index (χ1v) is 6.80. The molecular weight excluding hydrogens is 258 g/mol. The molecule has 0 amide bonds. The third-order valence-corrected chi connectivity index (χ3v) is 3.06. The zero-order chi connectivity index (χ0) is 15.1. The van der Waals surface area contributed by atoms with Gasteiger partial charge in [-0.05, 0) is 49.1 Å². The van der Waals surface area contributed by atoms with Gasteiger partial charge in [-0.25, -0.2) is 0 Å². The number of ether oxygens (including phenoxy) is 1. The van der Waals surface area contributed by atoms with Gasteiger partial charge in [0.05, 0.1) is 12.1 Å². The summed E-state index contributed by atoms with van der Waals surface area (Å²) in [6, 6.07) is 5.52. The minimum atomic E-state index is -0.844. The van der Waals surface area contributed by atoms with Gasteiger partial charge in [-0.3, -0.25) is 4.79 Å². The van der Waals surface area contributed by atoms with E-state index in [4.69, 9.17) is 15.1 Å². The number of fused-ring (bicyclic) bond motifs is 1. The van der Waals surface area contributed by atoms with Crippen molar-refractivity contribution in [1.82, 2.24) is 0 Å². The molecule has 0 spiro atoms. The highest BCUT2D eigenvalue weighted by Gasteiger charge is 2.22. The SMILES string of the molecule is C/C(=N/O)c1ccc2c(c1)CCC(CC(=O)O)O2.CC. The van der Waals surface area contributed by atoms with Gasteiger partial charge < -0.3 is 15.1 Å². The van der Waals surface area contributed by atoms with Crippen LogP contribution in [0.4, 0.5) is 0 Å². The predicted octanol–water partition coefficient (Wildman–Crippen LogP) is 3.08. The molecule has 1 aliphatic rings. The van der Waals surface area contributed by atoms with Gasteiger partial charge in [-0.1, -0.05) is 19.0 Å². The molecule has 2 N–H and O–H groups in total. The van der Waals surface area contributed by atoms with Crippen LogP contribution in [0.25, 0.3) is 0 Å². The second kappa shape index (κ2) is 7.53. The molecule has 1 heterocycles. The van der Waals surface area contributed by atoms with Crippen LogP contribution in [-0.2, 0) is 11.2 Å². The molecule has 20 heavy (non-hydrogen) atoms. The highest BCUT2D eigenvalue weighted by Crippen LogP contribution is 2.29. The highest BCUT2D eigenvalue weighted by molar-refractivity contribution is 5.98. The van der Waals surface area contributed by atoms with Crippen molar-refractivity contribution in [1.29, 1.82) is 0 Å². The van der Waals surface area contributed by atoms with Crippen molar-refractivity contribution in [3.63, 3.8) is 0 Å². The van der Waals surface area contributed by atoms with Crippen LogP contribution >= 0.6 is 0 Å². The number of carbonyl (C=O) groups is 1. The first-order chi connectivity index (χ1) is 9.60. The quantitative estimate of drug-likeness (QED) is 0.506.